The maximum Gasteiger partial charge on any atom is 0.348 e. The minimum atomic E-state index is -0.679. The van der Waals surface area contributed by atoms with Crippen molar-refractivity contribution >= 4 is 39.3 Å². The molecule has 3 aromatic heterocycles. The van der Waals surface area contributed by atoms with Crippen molar-refractivity contribution in [3.05, 3.63) is 87.6 Å². The van der Waals surface area contributed by atoms with E-state index < -0.39 is 11.4 Å². The molecule has 0 aliphatic heterocycles. The van der Waals surface area contributed by atoms with Gasteiger partial charge in [-0.15, -0.1) is 0 Å². The van der Waals surface area contributed by atoms with Gasteiger partial charge in [0.05, 0.1) is 16.5 Å². The van der Waals surface area contributed by atoms with Crippen molar-refractivity contribution in [3.63, 3.8) is 0 Å². The maximum atomic E-state index is 13.2. The van der Waals surface area contributed by atoms with Crippen LogP contribution in [0.5, 0.6) is 5.75 Å². The van der Waals surface area contributed by atoms with Gasteiger partial charge in [0.25, 0.3) is 0 Å². The SMILES string of the molecule is O=C(c1ccccc1O)c1oc2c(c1-c1ccc(Cl)o1)c(=O)oc1ccccc12. The summed E-state index contributed by atoms with van der Waals surface area (Å²) < 4.78 is 16.8. The number of aromatic hydroxyl groups is 1. The maximum absolute atomic E-state index is 13.2. The lowest BCUT2D eigenvalue weighted by molar-refractivity contribution is 0.101. The predicted octanol–water partition coefficient (Wildman–Crippen LogP) is 5.39. The number of rotatable bonds is 3. The van der Waals surface area contributed by atoms with Crippen molar-refractivity contribution in [1.29, 1.82) is 0 Å². The lowest BCUT2D eigenvalue weighted by atomic mass is 10.0. The van der Waals surface area contributed by atoms with Crippen molar-refractivity contribution in [1.82, 2.24) is 0 Å². The van der Waals surface area contributed by atoms with Crippen molar-refractivity contribution in [2.24, 2.45) is 0 Å². The highest BCUT2D eigenvalue weighted by molar-refractivity contribution is 6.29. The van der Waals surface area contributed by atoms with Crippen molar-refractivity contribution in [2.75, 3.05) is 0 Å². The number of benzene rings is 2. The van der Waals surface area contributed by atoms with Gasteiger partial charge in [-0.25, -0.2) is 4.79 Å². The first kappa shape index (κ1) is 17.3. The molecule has 0 aliphatic rings. The van der Waals surface area contributed by atoms with Crippen LogP contribution in [0.2, 0.25) is 5.22 Å². The van der Waals surface area contributed by atoms with Gasteiger partial charge in [-0.05, 0) is 48.0 Å². The number of carbonyl (C=O) groups excluding carboxylic acids is 1. The molecule has 29 heavy (non-hydrogen) atoms. The summed E-state index contributed by atoms with van der Waals surface area (Å²) in [4.78, 5) is 26.0. The first-order chi connectivity index (χ1) is 14.0. The Hall–Kier alpha value is -3.77. The molecular formula is C22H11ClO6. The molecule has 1 N–H and O–H groups in total. The van der Waals surface area contributed by atoms with Gasteiger partial charge in [0.2, 0.25) is 5.78 Å². The number of hydrogen-bond donors (Lipinski definition) is 1. The molecule has 3 heterocycles. The van der Waals surface area contributed by atoms with Gasteiger partial charge in [-0.2, -0.15) is 0 Å². The summed E-state index contributed by atoms with van der Waals surface area (Å²) >= 11 is 5.91. The third-order valence-electron chi connectivity index (χ3n) is 4.62. The Bertz CT molecular complexity index is 1470. The highest BCUT2D eigenvalue weighted by atomic mass is 35.5. The molecule has 2 aromatic carbocycles. The van der Waals surface area contributed by atoms with E-state index in [1.165, 1.54) is 24.3 Å². The number of hydrogen-bond acceptors (Lipinski definition) is 6. The van der Waals surface area contributed by atoms with Crippen LogP contribution < -0.4 is 5.63 Å². The molecule has 5 rings (SSSR count). The first-order valence-electron chi connectivity index (χ1n) is 8.61. The minimum absolute atomic E-state index is 0.0270. The Labute approximate surface area is 167 Å². The molecule has 0 radical (unpaired) electrons. The highest BCUT2D eigenvalue weighted by Crippen LogP contribution is 2.39. The van der Waals surface area contributed by atoms with Crippen LogP contribution in [0.15, 0.2) is 78.7 Å². The highest BCUT2D eigenvalue weighted by Gasteiger charge is 2.29. The fourth-order valence-corrected chi connectivity index (χ4v) is 3.49. The van der Waals surface area contributed by atoms with Gasteiger partial charge in [-0.1, -0.05) is 24.3 Å². The molecule has 0 spiro atoms. The summed E-state index contributed by atoms with van der Waals surface area (Å²) in [6, 6.07) is 15.9. The standard InChI is InChI=1S/C22H11ClO6/c23-16-10-9-15(27-16)17-18-20(12-6-2-4-8-14(12)28-22(18)26)29-21(17)19(25)11-5-1-3-7-13(11)24/h1-10,24H. The molecule has 0 amide bonds. The van der Waals surface area contributed by atoms with E-state index in [9.17, 15) is 14.7 Å². The van der Waals surface area contributed by atoms with E-state index in [-0.39, 0.29) is 44.6 Å². The number of fused-ring (bicyclic) bond motifs is 3. The lowest BCUT2D eigenvalue weighted by Gasteiger charge is -2.02. The van der Waals surface area contributed by atoms with Crippen LogP contribution in [0.1, 0.15) is 16.1 Å². The van der Waals surface area contributed by atoms with Gasteiger partial charge in [0, 0.05) is 0 Å². The third kappa shape index (κ3) is 2.65. The molecule has 7 heteroatoms. The van der Waals surface area contributed by atoms with Crippen molar-refractivity contribution < 1.29 is 23.2 Å². The van der Waals surface area contributed by atoms with E-state index in [2.05, 4.69) is 0 Å². The fraction of sp³-hybridized carbons (Fsp3) is 0. The predicted molar refractivity (Wildman–Crippen MR) is 107 cm³/mol. The van der Waals surface area contributed by atoms with Crippen LogP contribution in [-0.2, 0) is 0 Å². The summed E-state index contributed by atoms with van der Waals surface area (Å²) in [6.07, 6.45) is 0. The number of furan rings is 2. The minimum Gasteiger partial charge on any atom is -0.507 e. The largest absolute Gasteiger partial charge is 0.507 e. The van der Waals surface area contributed by atoms with Gasteiger partial charge in [-0.3, -0.25) is 4.79 Å². The summed E-state index contributed by atoms with van der Waals surface area (Å²) in [6.45, 7) is 0. The van der Waals surface area contributed by atoms with Crippen LogP contribution in [0, 0.1) is 0 Å². The van der Waals surface area contributed by atoms with Crippen LogP contribution in [-0.4, -0.2) is 10.9 Å². The second kappa shape index (κ2) is 6.39. The van der Waals surface area contributed by atoms with Gasteiger partial charge in [0.1, 0.15) is 22.5 Å². The molecule has 0 unspecified atom stereocenters. The molecular weight excluding hydrogens is 396 g/mol. The summed E-state index contributed by atoms with van der Waals surface area (Å²) in [5, 5.41) is 10.8. The second-order valence-corrected chi connectivity index (χ2v) is 6.72. The zero-order valence-electron chi connectivity index (χ0n) is 14.6. The smallest absolute Gasteiger partial charge is 0.348 e. The molecule has 0 aliphatic carbocycles. The van der Waals surface area contributed by atoms with Crippen molar-refractivity contribution in [3.8, 4) is 17.1 Å². The number of halogens is 1. The van der Waals surface area contributed by atoms with Crippen LogP contribution in [0.4, 0.5) is 0 Å². The van der Waals surface area contributed by atoms with E-state index in [4.69, 9.17) is 24.9 Å². The Balaban J connectivity index is 1.91. The normalized spacial score (nSPS) is 11.3. The summed E-state index contributed by atoms with van der Waals surface area (Å²) in [5.41, 5.74) is -0.0115. The molecule has 0 atom stereocenters. The average Bonchev–Trinajstić information content (AvgIpc) is 3.32. The molecule has 142 valence electrons. The Morgan fingerprint density at radius 3 is 2.41 bits per heavy atom. The molecule has 5 aromatic rings. The van der Waals surface area contributed by atoms with Crippen LogP contribution in [0.25, 0.3) is 33.3 Å². The summed E-state index contributed by atoms with van der Waals surface area (Å²) in [5.74, 6) is -0.796. The molecule has 0 fully saturated rings. The first-order valence-corrected chi connectivity index (χ1v) is 8.99. The fourth-order valence-electron chi connectivity index (χ4n) is 3.34. The number of phenols is 1. The molecule has 0 saturated heterocycles. The Morgan fingerprint density at radius 1 is 0.897 bits per heavy atom. The van der Waals surface area contributed by atoms with Gasteiger partial charge >= 0.3 is 5.63 Å². The van der Waals surface area contributed by atoms with E-state index in [1.54, 1.807) is 36.4 Å². The lowest BCUT2D eigenvalue weighted by Crippen LogP contribution is -2.03. The topological polar surface area (TPSA) is 93.8 Å². The zero-order valence-corrected chi connectivity index (χ0v) is 15.4. The van der Waals surface area contributed by atoms with Crippen LogP contribution in [0.3, 0.4) is 0 Å². The number of phenolic OH excluding ortho intramolecular Hbond substituents is 1. The second-order valence-electron chi connectivity index (χ2n) is 6.35. The quantitative estimate of drug-likeness (QED) is 0.319. The average molecular weight is 407 g/mol. The van der Waals surface area contributed by atoms with Gasteiger partial charge < -0.3 is 18.4 Å². The van der Waals surface area contributed by atoms with Crippen molar-refractivity contribution in [2.45, 2.75) is 0 Å². The third-order valence-corrected chi connectivity index (χ3v) is 4.82. The molecule has 0 saturated carbocycles. The Kier molecular flexibility index (Phi) is 3.82. The number of carbonyl (C=O) groups is 1. The zero-order chi connectivity index (χ0) is 20.1. The monoisotopic (exact) mass is 406 g/mol. The van der Waals surface area contributed by atoms with E-state index >= 15 is 0 Å². The molecule has 0 bridgehead atoms. The number of para-hydroxylation sites is 2. The van der Waals surface area contributed by atoms with E-state index in [0.717, 1.165) is 0 Å². The van der Waals surface area contributed by atoms with Crippen LogP contribution >= 0.6 is 11.6 Å². The molecule has 6 nitrogen and oxygen atoms in total. The van der Waals surface area contributed by atoms with Gasteiger partial charge in [0.15, 0.2) is 16.6 Å². The van der Waals surface area contributed by atoms with E-state index in [0.29, 0.717) is 11.0 Å². The summed E-state index contributed by atoms with van der Waals surface area (Å²) in [7, 11) is 0. The number of ketones is 1. The van der Waals surface area contributed by atoms with E-state index in [1.807, 2.05) is 0 Å². The Morgan fingerprint density at radius 2 is 1.66 bits per heavy atom.